The molecular formula is C26H28N2O2. The van der Waals surface area contributed by atoms with Crippen LogP contribution in [0.2, 0.25) is 0 Å². The van der Waals surface area contributed by atoms with E-state index in [1.54, 1.807) is 0 Å². The summed E-state index contributed by atoms with van der Waals surface area (Å²) in [4.78, 5) is 19.9. The Labute approximate surface area is 178 Å². The Morgan fingerprint density at radius 3 is 2.57 bits per heavy atom. The molecule has 0 N–H and O–H groups in total. The number of pyridine rings is 1. The van der Waals surface area contributed by atoms with Crippen LogP contribution >= 0.6 is 0 Å². The van der Waals surface area contributed by atoms with Crippen molar-refractivity contribution in [2.75, 3.05) is 13.2 Å². The third-order valence-electron chi connectivity index (χ3n) is 5.58. The Morgan fingerprint density at radius 2 is 1.83 bits per heavy atom. The lowest BCUT2D eigenvalue weighted by Crippen LogP contribution is -2.32. The summed E-state index contributed by atoms with van der Waals surface area (Å²) >= 11 is 0. The van der Waals surface area contributed by atoms with Crippen LogP contribution in [0, 0.1) is 6.92 Å². The molecule has 1 saturated heterocycles. The van der Waals surface area contributed by atoms with Gasteiger partial charge in [0, 0.05) is 12.2 Å². The molecule has 1 atom stereocenters. The maximum Gasteiger partial charge on any atom is 0.227 e. The molecule has 1 aliphatic rings. The lowest BCUT2D eigenvalue weighted by Gasteiger charge is -2.25. The number of ether oxygens (including phenoxy) is 1. The highest BCUT2D eigenvalue weighted by Crippen LogP contribution is 2.34. The molecule has 4 rings (SSSR count). The predicted octanol–water partition coefficient (Wildman–Crippen LogP) is 5.36. The molecule has 0 aliphatic carbocycles. The molecule has 1 aromatic heterocycles. The molecule has 1 fully saturated rings. The van der Waals surface area contributed by atoms with Gasteiger partial charge in [0.25, 0.3) is 0 Å². The van der Waals surface area contributed by atoms with E-state index in [1.807, 2.05) is 61.2 Å². The Morgan fingerprint density at radius 1 is 1.07 bits per heavy atom. The summed E-state index contributed by atoms with van der Waals surface area (Å²) in [6.45, 7) is 5.42. The number of rotatable bonds is 6. The third kappa shape index (κ3) is 4.54. The van der Waals surface area contributed by atoms with Gasteiger partial charge in [0.05, 0.1) is 24.8 Å². The molecule has 1 amide bonds. The Bertz CT molecular complexity index is 999. The van der Waals surface area contributed by atoms with Gasteiger partial charge in [-0.15, -0.1) is 0 Å². The zero-order valence-electron chi connectivity index (χ0n) is 17.7. The molecule has 0 spiro atoms. The summed E-state index contributed by atoms with van der Waals surface area (Å²) < 4.78 is 5.50. The van der Waals surface area contributed by atoms with Crippen LogP contribution in [0.5, 0.6) is 5.75 Å². The zero-order chi connectivity index (χ0) is 20.9. The first kappa shape index (κ1) is 20.1. The van der Waals surface area contributed by atoms with Crippen molar-refractivity contribution < 1.29 is 9.53 Å². The number of nitrogens with zero attached hydrogens (tertiary/aromatic N) is 2. The van der Waals surface area contributed by atoms with Crippen molar-refractivity contribution in [3.05, 3.63) is 83.7 Å². The van der Waals surface area contributed by atoms with E-state index in [-0.39, 0.29) is 11.9 Å². The Hall–Kier alpha value is -3.14. The van der Waals surface area contributed by atoms with Crippen molar-refractivity contribution in [3.63, 3.8) is 0 Å². The number of benzene rings is 2. The van der Waals surface area contributed by atoms with Crippen molar-refractivity contribution in [2.45, 2.75) is 39.2 Å². The highest BCUT2D eigenvalue weighted by atomic mass is 16.5. The standard InChI is InChI=1S/C26H28N2O2/c1-3-30-23-13-11-20(12-14-23)17-26(29)28-15-7-10-25(28)24-18-22(16-19(2)27-24)21-8-5-4-6-9-21/h4-6,8-9,11-14,16,18,25H,3,7,10,15,17H2,1-2H3/t25-/m0/s1. The van der Waals surface area contributed by atoms with Crippen molar-refractivity contribution in [1.82, 2.24) is 9.88 Å². The van der Waals surface area contributed by atoms with Crippen LogP contribution < -0.4 is 4.74 Å². The molecular weight excluding hydrogens is 372 g/mol. The van der Waals surface area contributed by atoms with Gasteiger partial charge in [0.15, 0.2) is 0 Å². The summed E-state index contributed by atoms with van der Waals surface area (Å²) in [6, 6.07) is 22.5. The van der Waals surface area contributed by atoms with Gasteiger partial charge < -0.3 is 9.64 Å². The van der Waals surface area contributed by atoms with Crippen LogP contribution in [0.3, 0.4) is 0 Å². The van der Waals surface area contributed by atoms with Gasteiger partial charge >= 0.3 is 0 Å². The summed E-state index contributed by atoms with van der Waals surface area (Å²) in [5.41, 5.74) is 5.32. The van der Waals surface area contributed by atoms with E-state index in [0.29, 0.717) is 13.0 Å². The Balaban J connectivity index is 1.53. The van der Waals surface area contributed by atoms with Crippen molar-refractivity contribution in [3.8, 4) is 16.9 Å². The fourth-order valence-corrected chi connectivity index (χ4v) is 4.18. The van der Waals surface area contributed by atoms with E-state index in [4.69, 9.17) is 9.72 Å². The quantitative estimate of drug-likeness (QED) is 0.559. The first-order valence-corrected chi connectivity index (χ1v) is 10.7. The molecule has 4 heteroatoms. The molecule has 4 nitrogen and oxygen atoms in total. The fourth-order valence-electron chi connectivity index (χ4n) is 4.18. The summed E-state index contributed by atoms with van der Waals surface area (Å²) in [7, 11) is 0. The lowest BCUT2D eigenvalue weighted by molar-refractivity contribution is -0.131. The number of aromatic nitrogens is 1. The fraction of sp³-hybridized carbons (Fsp3) is 0.308. The predicted molar refractivity (Wildman–Crippen MR) is 119 cm³/mol. The maximum absolute atomic E-state index is 13.1. The molecule has 0 radical (unpaired) electrons. The average Bonchev–Trinajstić information content (AvgIpc) is 3.26. The van der Waals surface area contributed by atoms with Crippen LogP contribution in [0.4, 0.5) is 0 Å². The van der Waals surface area contributed by atoms with Crippen molar-refractivity contribution >= 4 is 5.91 Å². The van der Waals surface area contributed by atoms with Gasteiger partial charge in [0.1, 0.15) is 5.75 Å². The second-order valence-electron chi connectivity index (χ2n) is 7.79. The Kier molecular flexibility index (Phi) is 6.12. The van der Waals surface area contributed by atoms with Gasteiger partial charge in [-0.2, -0.15) is 0 Å². The first-order valence-electron chi connectivity index (χ1n) is 10.7. The van der Waals surface area contributed by atoms with Crippen LogP contribution in [0.15, 0.2) is 66.7 Å². The normalized spacial score (nSPS) is 15.9. The van der Waals surface area contributed by atoms with Crippen LogP contribution in [-0.2, 0) is 11.2 Å². The van der Waals surface area contributed by atoms with E-state index in [0.717, 1.165) is 47.7 Å². The largest absolute Gasteiger partial charge is 0.494 e. The highest BCUT2D eigenvalue weighted by Gasteiger charge is 2.31. The number of carbonyl (C=O) groups is 1. The SMILES string of the molecule is CCOc1ccc(CC(=O)N2CCC[C@H]2c2cc(-c3ccccc3)cc(C)n2)cc1. The minimum absolute atomic E-state index is 0.0440. The molecule has 0 saturated carbocycles. The summed E-state index contributed by atoms with van der Waals surface area (Å²) in [5.74, 6) is 0.997. The summed E-state index contributed by atoms with van der Waals surface area (Å²) in [5, 5.41) is 0. The highest BCUT2D eigenvalue weighted by molar-refractivity contribution is 5.79. The van der Waals surface area contributed by atoms with E-state index in [1.165, 1.54) is 5.56 Å². The molecule has 3 aromatic rings. The monoisotopic (exact) mass is 400 g/mol. The molecule has 2 heterocycles. The van der Waals surface area contributed by atoms with Crippen molar-refractivity contribution in [2.24, 2.45) is 0 Å². The second kappa shape index (κ2) is 9.12. The summed E-state index contributed by atoms with van der Waals surface area (Å²) in [6.07, 6.45) is 2.37. The number of aryl methyl sites for hydroxylation is 1. The van der Waals surface area contributed by atoms with Gasteiger partial charge in [-0.3, -0.25) is 9.78 Å². The van der Waals surface area contributed by atoms with Gasteiger partial charge in [0.2, 0.25) is 5.91 Å². The van der Waals surface area contributed by atoms with Gasteiger partial charge in [-0.1, -0.05) is 42.5 Å². The number of hydrogen-bond acceptors (Lipinski definition) is 3. The van der Waals surface area contributed by atoms with Gasteiger partial charge in [-0.25, -0.2) is 0 Å². The number of amides is 1. The molecule has 0 bridgehead atoms. The van der Waals surface area contributed by atoms with E-state index >= 15 is 0 Å². The molecule has 1 aliphatic heterocycles. The molecule has 154 valence electrons. The topological polar surface area (TPSA) is 42.4 Å². The van der Waals surface area contributed by atoms with E-state index in [2.05, 4.69) is 24.3 Å². The maximum atomic E-state index is 13.1. The van der Waals surface area contributed by atoms with Crippen molar-refractivity contribution in [1.29, 1.82) is 0 Å². The minimum atomic E-state index is 0.0440. The van der Waals surface area contributed by atoms with E-state index < -0.39 is 0 Å². The smallest absolute Gasteiger partial charge is 0.227 e. The number of carbonyl (C=O) groups excluding carboxylic acids is 1. The minimum Gasteiger partial charge on any atom is -0.494 e. The van der Waals surface area contributed by atoms with Crippen LogP contribution in [0.1, 0.15) is 42.8 Å². The number of hydrogen-bond donors (Lipinski definition) is 0. The third-order valence-corrected chi connectivity index (χ3v) is 5.58. The average molecular weight is 401 g/mol. The van der Waals surface area contributed by atoms with Gasteiger partial charge in [-0.05, 0) is 67.6 Å². The molecule has 30 heavy (non-hydrogen) atoms. The number of likely N-dealkylation sites (tertiary alicyclic amines) is 1. The van der Waals surface area contributed by atoms with Crippen LogP contribution in [0.25, 0.3) is 11.1 Å². The molecule has 0 unspecified atom stereocenters. The molecule has 2 aromatic carbocycles. The van der Waals surface area contributed by atoms with Crippen LogP contribution in [-0.4, -0.2) is 28.9 Å². The first-order chi connectivity index (χ1) is 14.6. The van der Waals surface area contributed by atoms with E-state index in [9.17, 15) is 4.79 Å². The second-order valence-corrected chi connectivity index (χ2v) is 7.79. The zero-order valence-corrected chi connectivity index (χ0v) is 17.7. The lowest BCUT2D eigenvalue weighted by atomic mass is 10.0.